The van der Waals surface area contributed by atoms with Crippen LogP contribution in [0, 0.1) is 6.92 Å². The van der Waals surface area contributed by atoms with Crippen LogP contribution >= 0.6 is 11.6 Å². The second kappa shape index (κ2) is 5.74. The van der Waals surface area contributed by atoms with Crippen LogP contribution < -0.4 is 4.74 Å². The zero-order valence-electron chi connectivity index (χ0n) is 12.1. The van der Waals surface area contributed by atoms with Crippen LogP contribution in [0.15, 0.2) is 48.5 Å². The molecule has 0 bridgehead atoms. The molecule has 106 valence electrons. The van der Waals surface area contributed by atoms with Gasteiger partial charge < -0.3 is 4.74 Å². The first kappa shape index (κ1) is 13.9. The summed E-state index contributed by atoms with van der Waals surface area (Å²) < 4.78 is 5.41. The largest absolute Gasteiger partial charge is 0.496 e. The molecule has 21 heavy (non-hydrogen) atoms. The van der Waals surface area contributed by atoms with Crippen molar-refractivity contribution in [3.63, 3.8) is 0 Å². The number of hydrogen-bond acceptors (Lipinski definition) is 2. The van der Waals surface area contributed by atoms with Gasteiger partial charge >= 0.3 is 0 Å². The highest BCUT2D eigenvalue weighted by Crippen LogP contribution is 2.30. The molecule has 0 fully saturated rings. The van der Waals surface area contributed by atoms with Gasteiger partial charge in [0.05, 0.1) is 24.2 Å². The Bertz CT molecular complexity index is 798. The Balaban J connectivity index is 2.17. The van der Waals surface area contributed by atoms with E-state index in [2.05, 4.69) is 19.1 Å². The number of aryl methyl sites for hydroxylation is 1. The van der Waals surface area contributed by atoms with E-state index >= 15 is 0 Å². The number of hydrogen-bond donors (Lipinski definition) is 0. The molecule has 1 aromatic heterocycles. The van der Waals surface area contributed by atoms with Crippen LogP contribution in [0.1, 0.15) is 11.1 Å². The van der Waals surface area contributed by atoms with Gasteiger partial charge in [-0.25, -0.2) is 4.98 Å². The van der Waals surface area contributed by atoms with Crippen molar-refractivity contribution in [1.29, 1.82) is 0 Å². The highest BCUT2D eigenvalue weighted by atomic mass is 35.5. The Morgan fingerprint density at radius 2 is 1.90 bits per heavy atom. The summed E-state index contributed by atoms with van der Waals surface area (Å²) in [5, 5.41) is 1.16. The molecular weight excluding hydrogens is 282 g/mol. The molecule has 0 spiro atoms. The van der Waals surface area contributed by atoms with Crippen molar-refractivity contribution in [2.75, 3.05) is 7.11 Å². The number of rotatable bonds is 3. The summed E-state index contributed by atoms with van der Waals surface area (Å²) in [6.07, 6.45) is 0. The maximum Gasteiger partial charge on any atom is 0.123 e. The molecule has 3 aromatic rings. The van der Waals surface area contributed by atoms with Gasteiger partial charge in [-0.3, -0.25) is 0 Å². The van der Waals surface area contributed by atoms with Gasteiger partial charge in [0.15, 0.2) is 0 Å². The summed E-state index contributed by atoms with van der Waals surface area (Å²) in [4.78, 5) is 4.79. The molecule has 0 aliphatic rings. The topological polar surface area (TPSA) is 22.1 Å². The smallest absolute Gasteiger partial charge is 0.123 e. The van der Waals surface area contributed by atoms with Crippen LogP contribution in [0.5, 0.6) is 5.75 Å². The van der Waals surface area contributed by atoms with Gasteiger partial charge in [0.1, 0.15) is 5.75 Å². The standard InChI is InChI=1S/C18H16ClNO/c1-12-9-13-5-3-4-6-16(13)20-18(12)14-7-8-15(11-19)17(10-14)21-2/h3-10H,11H2,1-2H3. The summed E-state index contributed by atoms with van der Waals surface area (Å²) >= 11 is 5.92. The fourth-order valence-corrected chi connectivity index (χ4v) is 2.74. The summed E-state index contributed by atoms with van der Waals surface area (Å²) in [6.45, 7) is 2.08. The van der Waals surface area contributed by atoms with E-state index < -0.39 is 0 Å². The molecule has 0 radical (unpaired) electrons. The average molecular weight is 298 g/mol. The van der Waals surface area contributed by atoms with Gasteiger partial charge in [0.2, 0.25) is 0 Å². The van der Waals surface area contributed by atoms with Crippen LogP contribution in [0.25, 0.3) is 22.2 Å². The Morgan fingerprint density at radius 3 is 2.67 bits per heavy atom. The second-order valence-electron chi connectivity index (χ2n) is 5.01. The lowest BCUT2D eigenvalue weighted by molar-refractivity contribution is 0.411. The number of alkyl halides is 1. The van der Waals surface area contributed by atoms with E-state index in [1.807, 2.05) is 36.4 Å². The fraction of sp³-hybridized carbons (Fsp3) is 0.167. The van der Waals surface area contributed by atoms with Crippen molar-refractivity contribution in [3.05, 3.63) is 59.7 Å². The maximum absolute atomic E-state index is 5.92. The number of nitrogens with zero attached hydrogens (tertiary/aromatic N) is 1. The lowest BCUT2D eigenvalue weighted by Crippen LogP contribution is -1.94. The maximum atomic E-state index is 5.92. The predicted octanol–water partition coefficient (Wildman–Crippen LogP) is 4.96. The molecule has 0 aliphatic carbocycles. The minimum atomic E-state index is 0.438. The van der Waals surface area contributed by atoms with E-state index in [4.69, 9.17) is 21.3 Å². The minimum Gasteiger partial charge on any atom is -0.496 e. The van der Waals surface area contributed by atoms with Gasteiger partial charge in [-0.2, -0.15) is 0 Å². The zero-order valence-corrected chi connectivity index (χ0v) is 12.8. The number of aromatic nitrogens is 1. The van der Waals surface area contributed by atoms with E-state index in [1.54, 1.807) is 7.11 Å². The first-order valence-electron chi connectivity index (χ1n) is 6.82. The van der Waals surface area contributed by atoms with E-state index in [-0.39, 0.29) is 0 Å². The number of halogens is 1. The minimum absolute atomic E-state index is 0.438. The third kappa shape index (κ3) is 2.59. The molecule has 0 atom stereocenters. The molecule has 3 heteroatoms. The number of ether oxygens (including phenoxy) is 1. The van der Waals surface area contributed by atoms with E-state index in [0.717, 1.165) is 39.0 Å². The average Bonchev–Trinajstić information content (AvgIpc) is 2.53. The lowest BCUT2D eigenvalue weighted by Gasteiger charge is -2.11. The van der Waals surface area contributed by atoms with E-state index in [0.29, 0.717) is 5.88 Å². The molecule has 2 nitrogen and oxygen atoms in total. The molecule has 1 heterocycles. The number of pyridine rings is 1. The normalized spacial score (nSPS) is 10.8. The number of para-hydroxylation sites is 1. The third-order valence-corrected chi connectivity index (χ3v) is 3.91. The monoisotopic (exact) mass is 297 g/mol. The quantitative estimate of drug-likeness (QED) is 0.638. The summed E-state index contributed by atoms with van der Waals surface area (Å²) in [6, 6.07) is 16.4. The molecule has 0 unspecified atom stereocenters. The molecule has 0 saturated heterocycles. The van der Waals surface area contributed by atoms with Crippen LogP contribution in [0.3, 0.4) is 0 Å². The highest BCUT2D eigenvalue weighted by Gasteiger charge is 2.09. The van der Waals surface area contributed by atoms with Crippen LogP contribution in [0.2, 0.25) is 0 Å². The van der Waals surface area contributed by atoms with Crippen LogP contribution in [-0.4, -0.2) is 12.1 Å². The number of methoxy groups -OCH3 is 1. The van der Waals surface area contributed by atoms with Crippen molar-refractivity contribution in [3.8, 4) is 17.0 Å². The Morgan fingerprint density at radius 1 is 1.10 bits per heavy atom. The predicted molar refractivity (Wildman–Crippen MR) is 88.0 cm³/mol. The van der Waals surface area contributed by atoms with Crippen LogP contribution in [-0.2, 0) is 5.88 Å². The first-order valence-corrected chi connectivity index (χ1v) is 7.36. The highest BCUT2D eigenvalue weighted by molar-refractivity contribution is 6.17. The SMILES string of the molecule is COc1cc(-c2nc3ccccc3cc2C)ccc1CCl. The molecular formula is C18H16ClNO. The van der Waals surface area contributed by atoms with Gasteiger partial charge in [0.25, 0.3) is 0 Å². The molecule has 0 aliphatic heterocycles. The van der Waals surface area contributed by atoms with E-state index in [1.165, 1.54) is 0 Å². The van der Waals surface area contributed by atoms with Gasteiger partial charge in [-0.1, -0.05) is 30.3 Å². The Kier molecular flexibility index (Phi) is 3.80. The van der Waals surface area contributed by atoms with Crippen molar-refractivity contribution >= 4 is 22.5 Å². The van der Waals surface area contributed by atoms with Crippen LogP contribution in [0.4, 0.5) is 0 Å². The Hall–Kier alpha value is -2.06. The van der Waals surface area contributed by atoms with Gasteiger partial charge in [0, 0.05) is 16.5 Å². The first-order chi connectivity index (χ1) is 10.2. The second-order valence-corrected chi connectivity index (χ2v) is 5.27. The van der Waals surface area contributed by atoms with Crippen molar-refractivity contribution in [2.24, 2.45) is 0 Å². The third-order valence-electron chi connectivity index (χ3n) is 3.62. The molecule has 3 rings (SSSR count). The van der Waals surface area contributed by atoms with Crippen molar-refractivity contribution in [2.45, 2.75) is 12.8 Å². The van der Waals surface area contributed by atoms with Gasteiger partial charge in [-0.15, -0.1) is 11.6 Å². The molecule has 0 saturated carbocycles. The summed E-state index contributed by atoms with van der Waals surface area (Å²) in [5.74, 6) is 1.24. The van der Waals surface area contributed by atoms with E-state index in [9.17, 15) is 0 Å². The zero-order chi connectivity index (χ0) is 14.8. The lowest BCUT2D eigenvalue weighted by atomic mass is 10.0. The van der Waals surface area contributed by atoms with Gasteiger partial charge in [-0.05, 0) is 30.7 Å². The summed E-state index contributed by atoms with van der Waals surface area (Å²) in [5.41, 5.74) is 5.16. The molecule has 2 aromatic carbocycles. The fourth-order valence-electron chi connectivity index (χ4n) is 2.52. The number of fused-ring (bicyclic) bond motifs is 1. The Labute approximate surface area is 129 Å². The van der Waals surface area contributed by atoms with Crippen molar-refractivity contribution < 1.29 is 4.74 Å². The summed E-state index contributed by atoms with van der Waals surface area (Å²) in [7, 11) is 1.66. The van der Waals surface area contributed by atoms with Crippen molar-refractivity contribution in [1.82, 2.24) is 4.98 Å². The molecule has 0 amide bonds. The molecule has 0 N–H and O–H groups in total. The number of benzene rings is 2.